The lowest BCUT2D eigenvalue weighted by Gasteiger charge is -2.42. The molecule has 5 N–H and O–H groups in total. The second-order valence-corrected chi connectivity index (χ2v) is 10.3. The third-order valence-corrected chi connectivity index (χ3v) is 7.53. The number of phenolic OH excluding ortho intramolecular Hbond substituents is 1. The highest BCUT2D eigenvalue weighted by molar-refractivity contribution is 5.62. The molecule has 2 heterocycles. The fourth-order valence-corrected chi connectivity index (χ4v) is 5.20. The smallest absolute Gasteiger partial charge is 0.137 e. The Balaban J connectivity index is 0.000000425. The van der Waals surface area contributed by atoms with Crippen LogP contribution in [-0.2, 0) is 6.54 Å². The second kappa shape index (κ2) is 19.2. The van der Waals surface area contributed by atoms with Gasteiger partial charge in [-0.25, -0.2) is 0 Å². The number of aryl methyl sites for hydroxylation is 2. The minimum Gasteiger partial charge on any atom is -0.508 e. The molecular weight excluding hydrogens is 498 g/mol. The standard InChI is InChI=1S/C21H36N2O.C10H15N3O.C2H4/c1-5-12-23(19(6-2)7-3)20-10-13-22(14-11-20)16-18-8-9-21(24)15-17(18)4;1-7(12-4-3-11)9-5-10(14)8(2)13-6-9;1-2/h8-9,15,19-20,24H,5-7,10-14,16H2,1-4H3;5-6,12,14H,1,3-4,11H2,2H3;1-2H2. The van der Waals surface area contributed by atoms with Crippen LogP contribution >= 0.6 is 0 Å². The number of aromatic nitrogens is 1. The van der Waals surface area contributed by atoms with Crippen LogP contribution < -0.4 is 11.1 Å². The van der Waals surface area contributed by atoms with Crippen LogP contribution in [0.1, 0.15) is 75.3 Å². The fraction of sp³-hybridized carbons (Fsp3) is 0.545. The SMILES string of the molecule is C=C.C=C(NCCN)c1cnc(C)c(O)c1.CCCN(C(CC)CC)C1CCN(Cc2ccc(O)cc2C)CC1. The fourth-order valence-electron chi connectivity index (χ4n) is 5.20. The van der Waals surface area contributed by atoms with Gasteiger partial charge in [0.05, 0.1) is 5.69 Å². The first-order valence-electron chi connectivity index (χ1n) is 14.8. The normalized spacial score (nSPS) is 13.8. The van der Waals surface area contributed by atoms with E-state index >= 15 is 0 Å². The van der Waals surface area contributed by atoms with Gasteiger partial charge in [-0.3, -0.25) is 14.8 Å². The lowest BCUT2D eigenvalue weighted by Crippen LogP contribution is -2.49. The number of phenols is 1. The average Bonchev–Trinajstić information content (AvgIpc) is 2.96. The van der Waals surface area contributed by atoms with Crippen LogP contribution in [0.3, 0.4) is 0 Å². The van der Waals surface area contributed by atoms with Crippen molar-refractivity contribution in [1.29, 1.82) is 0 Å². The van der Waals surface area contributed by atoms with E-state index in [2.05, 4.69) is 73.6 Å². The first-order valence-corrected chi connectivity index (χ1v) is 14.8. The number of aromatic hydroxyl groups is 2. The van der Waals surface area contributed by atoms with Crippen LogP contribution in [0.25, 0.3) is 5.70 Å². The average molecular weight is 554 g/mol. The van der Waals surface area contributed by atoms with E-state index in [0.717, 1.165) is 29.9 Å². The molecule has 0 aliphatic carbocycles. The minimum absolute atomic E-state index is 0.179. The number of piperidine rings is 1. The number of nitrogens with zero attached hydrogens (tertiary/aromatic N) is 3. The lowest BCUT2D eigenvalue weighted by molar-refractivity contribution is 0.0669. The Hall–Kier alpha value is -2.87. The van der Waals surface area contributed by atoms with Crippen molar-refractivity contribution in [2.45, 2.75) is 85.4 Å². The number of rotatable bonds is 12. The largest absolute Gasteiger partial charge is 0.508 e. The van der Waals surface area contributed by atoms with Crippen molar-refractivity contribution < 1.29 is 10.2 Å². The van der Waals surface area contributed by atoms with Crippen molar-refractivity contribution >= 4 is 5.70 Å². The van der Waals surface area contributed by atoms with Gasteiger partial charge in [0, 0.05) is 49.2 Å². The summed E-state index contributed by atoms with van der Waals surface area (Å²) in [6, 6.07) is 8.90. The van der Waals surface area contributed by atoms with Crippen molar-refractivity contribution in [3.8, 4) is 11.5 Å². The van der Waals surface area contributed by atoms with Crippen LogP contribution in [0, 0.1) is 13.8 Å². The van der Waals surface area contributed by atoms with E-state index in [9.17, 15) is 10.2 Å². The molecule has 7 nitrogen and oxygen atoms in total. The van der Waals surface area contributed by atoms with Gasteiger partial charge in [-0.2, -0.15) is 0 Å². The van der Waals surface area contributed by atoms with Crippen LogP contribution in [-0.4, -0.2) is 69.8 Å². The number of hydrogen-bond acceptors (Lipinski definition) is 7. The third-order valence-electron chi connectivity index (χ3n) is 7.53. The molecule has 0 bridgehead atoms. The van der Waals surface area contributed by atoms with Gasteiger partial charge in [0.1, 0.15) is 11.5 Å². The van der Waals surface area contributed by atoms with Gasteiger partial charge in [0.15, 0.2) is 0 Å². The summed E-state index contributed by atoms with van der Waals surface area (Å²) in [7, 11) is 0. The van der Waals surface area contributed by atoms with E-state index in [0.29, 0.717) is 24.5 Å². The number of nitrogens with two attached hydrogens (primary N) is 1. The molecule has 0 spiro atoms. The molecule has 0 saturated carbocycles. The van der Waals surface area contributed by atoms with Gasteiger partial charge < -0.3 is 21.3 Å². The van der Waals surface area contributed by atoms with Crippen molar-refractivity contribution in [2.75, 3.05) is 32.7 Å². The molecule has 3 rings (SSSR count). The van der Waals surface area contributed by atoms with Gasteiger partial charge in [0.2, 0.25) is 0 Å². The Morgan fingerprint density at radius 2 is 1.77 bits per heavy atom. The summed E-state index contributed by atoms with van der Waals surface area (Å²) < 4.78 is 0. The highest BCUT2D eigenvalue weighted by atomic mass is 16.3. The first kappa shape index (κ1) is 35.2. The van der Waals surface area contributed by atoms with Gasteiger partial charge in [-0.15, -0.1) is 13.2 Å². The molecule has 0 amide bonds. The molecule has 1 aromatic carbocycles. The topological polar surface area (TPSA) is 97.9 Å². The monoisotopic (exact) mass is 553 g/mol. The Morgan fingerprint density at radius 1 is 1.12 bits per heavy atom. The summed E-state index contributed by atoms with van der Waals surface area (Å²) in [5.41, 5.74) is 9.99. The molecule has 0 unspecified atom stereocenters. The molecule has 0 atom stereocenters. The highest BCUT2D eigenvalue weighted by Crippen LogP contribution is 2.24. The quantitative estimate of drug-likeness (QED) is 0.240. The maximum Gasteiger partial charge on any atom is 0.137 e. The number of pyridine rings is 1. The van der Waals surface area contributed by atoms with Gasteiger partial charge in [-0.1, -0.05) is 33.4 Å². The minimum atomic E-state index is 0.179. The molecule has 40 heavy (non-hydrogen) atoms. The van der Waals surface area contributed by atoms with Crippen molar-refractivity contribution in [3.63, 3.8) is 0 Å². The van der Waals surface area contributed by atoms with Crippen LogP contribution in [0.4, 0.5) is 0 Å². The Morgan fingerprint density at radius 3 is 2.30 bits per heavy atom. The second-order valence-electron chi connectivity index (χ2n) is 10.3. The third kappa shape index (κ3) is 11.3. The Bertz CT molecular complexity index is 1000. The predicted octanol–water partition coefficient (Wildman–Crippen LogP) is 5.98. The van der Waals surface area contributed by atoms with Crippen molar-refractivity contribution in [2.24, 2.45) is 5.73 Å². The van der Waals surface area contributed by atoms with Crippen LogP contribution in [0.2, 0.25) is 0 Å². The summed E-state index contributed by atoms with van der Waals surface area (Å²) in [4.78, 5) is 9.40. The highest BCUT2D eigenvalue weighted by Gasteiger charge is 2.27. The van der Waals surface area contributed by atoms with Gasteiger partial charge in [0.25, 0.3) is 0 Å². The zero-order valence-electron chi connectivity index (χ0n) is 25.8. The molecule has 224 valence electrons. The Labute approximate surface area is 243 Å². The van der Waals surface area contributed by atoms with Crippen LogP contribution in [0.15, 0.2) is 50.2 Å². The van der Waals surface area contributed by atoms with E-state index in [1.54, 1.807) is 19.2 Å². The van der Waals surface area contributed by atoms with E-state index in [-0.39, 0.29) is 5.75 Å². The molecule has 2 aromatic rings. The summed E-state index contributed by atoms with van der Waals surface area (Å²) >= 11 is 0. The van der Waals surface area contributed by atoms with E-state index in [1.165, 1.54) is 62.9 Å². The van der Waals surface area contributed by atoms with Gasteiger partial charge >= 0.3 is 0 Å². The van der Waals surface area contributed by atoms with E-state index < -0.39 is 0 Å². The maximum absolute atomic E-state index is 9.57. The molecule has 1 fully saturated rings. The first-order chi connectivity index (χ1) is 19.2. The molecule has 1 aliphatic rings. The molecule has 1 aliphatic heterocycles. The molecule has 7 heteroatoms. The van der Waals surface area contributed by atoms with Crippen molar-refractivity contribution in [3.05, 3.63) is 72.6 Å². The van der Waals surface area contributed by atoms with Gasteiger partial charge in [-0.05, 0) is 94.9 Å². The lowest BCUT2D eigenvalue weighted by atomic mass is 9.98. The van der Waals surface area contributed by atoms with E-state index in [4.69, 9.17) is 5.73 Å². The Kier molecular flexibility index (Phi) is 16.9. The zero-order chi connectivity index (χ0) is 30.1. The number of nitrogens with one attached hydrogen (secondary N) is 1. The number of likely N-dealkylation sites (tertiary alicyclic amines) is 1. The summed E-state index contributed by atoms with van der Waals surface area (Å²) in [6.45, 7) is 26.5. The van der Waals surface area contributed by atoms with Crippen molar-refractivity contribution in [1.82, 2.24) is 20.1 Å². The zero-order valence-corrected chi connectivity index (χ0v) is 25.8. The molecule has 1 aromatic heterocycles. The summed E-state index contributed by atoms with van der Waals surface area (Å²) in [5, 5.41) is 22.0. The number of hydrogen-bond donors (Lipinski definition) is 4. The molecule has 1 saturated heterocycles. The number of benzene rings is 1. The maximum atomic E-state index is 9.57. The molecule has 0 radical (unpaired) electrons. The molecular formula is C33H55N5O2. The predicted molar refractivity (Wildman–Crippen MR) is 170 cm³/mol. The summed E-state index contributed by atoms with van der Waals surface area (Å²) in [5.74, 6) is 0.550. The van der Waals surface area contributed by atoms with E-state index in [1.807, 2.05) is 12.1 Å². The van der Waals surface area contributed by atoms with Crippen LogP contribution in [0.5, 0.6) is 11.5 Å². The summed E-state index contributed by atoms with van der Waals surface area (Å²) in [6.07, 6.45) is 8.03.